The molecule has 0 saturated carbocycles. The summed E-state index contributed by atoms with van der Waals surface area (Å²) in [6, 6.07) is 0. The van der Waals surface area contributed by atoms with Gasteiger partial charge in [0, 0.05) is 0 Å². The molecule has 3 heterocycles. The van der Waals surface area contributed by atoms with Crippen molar-refractivity contribution in [1.82, 2.24) is 9.97 Å². The monoisotopic (exact) mass is 364 g/mol. The topological polar surface area (TPSA) is 25.8 Å². The second-order valence-corrected chi connectivity index (χ2v) is 9.85. The van der Waals surface area contributed by atoms with Gasteiger partial charge in [-0.25, -0.2) is 9.97 Å². The van der Waals surface area contributed by atoms with Gasteiger partial charge in [0.2, 0.25) is 0 Å². The molecule has 1 aromatic heterocycles. The summed E-state index contributed by atoms with van der Waals surface area (Å²) in [6.07, 6.45) is 1.97. The van der Waals surface area contributed by atoms with Crippen LogP contribution in [-0.2, 0) is 0 Å². The van der Waals surface area contributed by atoms with E-state index in [1.54, 1.807) is 23.5 Å². The van der Waals surface area contributed by atoms with Gasteiger partial charge in [-0.2, -0.15) is 0 Å². The lowest BCUT2D eigenvalue weighted by Crippen LogP contribution is -1.89. The van der Waals surface area contributed by atoms with Crippen LogP contribution in [-0.4, -0.2) is 16.2 Å². The molecular formula is C11H9ClN2S5. The van der Waals surface area contributed by atoms with E-state index in [9.17, 15) is 0 Å². The molecule has 0 radical (unpaired) electrons. The molecule has 1 aromatic rings. The summed E-state index contributed by atoms with van der Waals surface area (Å²) in [4.78, 5) is 11.8. The summed E-state index contributed by atoms with van der Waals surface area (Å²) in [5.74, 6) is 0. The van der Waals surface area contributed by atoms with Crippen molar-refractivity contribution in [1.29, 1.82) is 0 Å². The zero-order chi connectivity index (χ0) is 13.6. The summed E-state index contributed by atoms with van der Waals surface area (Å²) in [5, 5.41) is 3.21. The first-order chi connectivity index (χ1) is 9.08. The van der Waals surface area contributed by atoms with E-state index < -0.39 is 0 Å². The minimum absolute atomic E-state index is 0.503. The average molecular weight is 365 g/mol. The number of hydrogen-bond acceptors (Lipinski definition) is 7. The van der Waals surface area contributed by atoms with Crippen LogP contribution in [0.1, 0.15) is 13.8 Å². The number of rotatable bonds is 1. The molecule has 0 spiro atoms. The first-order valence-electron chi connectivity index (χ1n) is 5.33. The van der Waals surface area contributed by atoms with Crippen molar-refractivity contribution in [2.24, 2.45) is 0 Å². The molecular weight excluding hydrogens is 356 g/mol. The van der Waals surface area contributed by atoms with Crippen molar-refractivity contribution in [3.8, 4) is 0 Å². The van der Waals surface area contributed by atoms with Crippen molar-refractivity contribution < 1.29 is 0 Å². The zero-order valence-electron chi connectivity index (χ0n) is 10.3. The molecule has 2 aliphatic heterocycles. The maximum Gasteiger partial charge on any atom is 0.162 e. The van der Waals surface area contributed by atoms with Gasteiger partial charge in [0.15, 0.2) is 5.15 Å². The third kappa shape index (κ3) is 2.82. The Bertz CT molecular complexity index is 610. The Morgan fingerprint density at radius 2 is 1.42 bits per heavy atom. The lowest BCUT2D eigenvalue weighted by Gasteiger charge is -2.00. The van der Waals surface area contributed by atoms with Gasteiger partial charge < -0.3 is 0 Å². The van der Waals surface area contributed by atoms with Crippen molar-refractivity contribution in [2.75, 3.05) is 6.26 Å². The molecule has 2 nitrogen and oxygen atoms in total. The molecule has 0 atom stereocenters. The summed E-state index contributed by atoms with van der Waals surface area (Å²) >= 11 is 14.7. The van der Waals surface area contributed by atoms with Crippen LogP contribution in [0.2, 0.25) is 5.15 Å². The molecule has 0 saturated heterocycles. The average Bonchev–Trinajstić information content (AvgIpc) is 2.92. The zero-order valence-corrected chi connectivity index (χ0v) is 15.2. The highest BCUT2D eigenvalue weighted by Crippen LogP contribution is 2.59. The van der Waals surface area contributed by atoms with Crippen LogP contribution in [0.25, 0.3) is 0 Å². The van der Waals surface area contributed by atoms with Crippen LogP contribution in [0, 0.1) is 0 Å². The quantitative estimate of drug-likeness (QED) is 0.571. The van der Waals surface area contributed by atoms with Crippen LogP contribution >= 0.6 is 70.4 Å². The predicted octanol–water partition coefficient (Wildman–Crippen LogP) is 5.91. The Kier molecular flexibility index (Phi) is 4.41. The Labute approximate surface area is 138 Å². The van der Waals surface area contributed by atoms with Crippen LogP contribution in [0.15, 0.2) is 33.4 Å². The Hall–Kier alpha value is 0.600. The maximum absolute atomic E-state index is 6.11. The van der Waals surface area contributed by atoms with Crippen LogP contribution < -0.4 is 0 Å². The molecule has 0 bridgehead atoms. The molecule has 100 valence electrons. The molecule has 0 aliphatic carbocycles. The van der Waals surface area contributed by atoms with Gasteiger partial charge in [-0.15, -0.1) is 11.8 Å². The molecule has 0 N–H and O–H groups in total. The molecule has 0 fully saturated rings. The summed E-state index contributed by atoms with van der Waals surface area (Å²) in [6.45, 7) is 4.33. The number of thioether (sulfide) groups is 5. The van der Waals surface area contributed by atoms with Gasteiger partial charge in [-0.1, -0.05) is 58.6 Å². The van der Waals surface area contributed by atoms with Gasteiger partial charge in [0.25, 0.3) is 0 Å². The van der Waals surface area contributed by atoms with Gasteiger partial charge in [-0.05, 0) is 29.9 Å². The minimum Gasteiger partial charge on any atom is -0.229 e. The van der Waals surface area contributed by atoms with Crippen molar-refractivity contribution >= 4 is 70.4 Å². The van der Waals surface area contributed by atoms with Gasteiger partial charge in [0.05, 0.1) is 8.47 Å². The highest BCUT2D eigenvalue weighted by Gasteiger charge is 2.28. The molecule has 2 aliphatic rings. The lowest BCUT2D eigenvalue weighted by molar-refractivity contribution is 0.858. The fourth-order valence-electron chi connectivity index (χ4n) is 1.44. The second kappa shape index (κ2) is 5.77. The van der Waals surface area contributed by atoms with E-state index in [0.717, 1.165) is 15.1 Å². The third-order valence-electron chi connectivity index (χ3n) is 2.49. The van der Waals surface area contributed by atoms with E-state index in [1.165, 1.54) is 30.0 Å². The molecule has 3 rings (SSSR count). The largest absolute Gasteiger partial charge is 0.229 e. The molecule has 0 amide bonds. The van der Waals surface area contributed by atoms with E-state index in [0.29, 0.717) is 5.15 Å². The highest BCUT2D eigenvalue weighted by molar-refractivity contribution is 8.32. The van der Waals surface area contributed by atoms with Crippen molar-refractivity contribution in [3.63, 3.8) is 0 Å². The van der Waals surface area contributed by atoms with Crippen molar-refractivity contribution in [3.05, 3.63) is 23.4 Å². The van der Waals surface area contributed by atoms with E-state index in [4.69, 9.17) is 11.6 Å². The van der Waals surface area contributed by atoms with E-state index in [2.05, 4.69) is 23.8 Å². The van der Waals surface area contributed by atoms with Crippen LogP contribution in [0.5, 0.6) is 0 Å². The summed E-state index contributed by atoms with van der Waals surface area (Å²) in [5.41, 5.74) is 0. The highest BCUT2D eigenvalue weighted by atomic mass is 35.5. The first kappa shape index (κ1) is 14.5. The third-order valence-corrected chi connectivity index (χ3v) is 9.05. The normalized spacial score (nSPS) is 18.5. The second-order valence-electron chi connectivity index (χ2n) is 3.73. The van der Waals surface area contributed by atoms with Crippen molar-refractivity contribution in [2.45, 2.75) is 28.9 Å². The van der Waals surface area contributed by atoms with Gasteiger partial charge in [0.1, 0.15) is 15.1 Å². The fraction of sp³-hybridized carbons (Fsp3) is 0.273. The van der Waals surface area contributed by atoms with E-state index in [-0.39, 0.29) is 0 Å². The summed E-state index contributed by atoms with van der Waals surface area (Å²) < 4.78 is 2.61. The SMILES string of the molecule is CSc1nc2c(nc1Cl)SC(=C1SC(C)=C(C)S1)S2. The number of hydrogen-bond donors (Lipinski definition) is 0. The molecule has 19 heavy (non-hydrogen) atoms. The molecule has 0 unspecified atom stereocenters. The Morgan fingerprint density at radius 3 is 2.00 bits per heavy atom. The first-order valence-corrected chi connectivity index (χ1v) is 10.2. The molecule has 0 aromatic carbocycles. The van der Waals surface area contributed by atoms with Gasteiger partial charge >= 0.3 is 0 Å². The van der Waals surface area contributed by atoms with Gasteiger partial charge in [-0.3, -0.25) is 0 Å². The lowest BCUT2D eigenvalue weighted by atomic mass is 10.6. The number of nitrogens with zero attached hydrogens (tertiary/aromatic N) is 2. The number of halogens is 1. The molecule has 8 heteroatoms. The smallest absolute Gasteiger partial charge is 0.162 e. The minimum atomic E-state index is 0.503. The van der Waals surface area contributed by atoms with Crippen LogP contribution in [0.3, 0.4) is 0 Å². The Balaban J connectivity index is 1.91. The van der Waals surface area contributed by atoms with E-state index >= 15 is 0 Å². The van der Waals surface area contributed by atoms with E-state index in [1.807, 2.05) is 29.8 Å². The summed E-state index contributed by atoms with van der Waals surface area (Å²) in [7, 11) is 0. The number of aromatic nitrogens is 2. The fourth-order valence-corrected chi connectivity index (χ4v) is 7.43. The number of allylic oxidation sites excluding steroid dienone is 2. The maximum atomic E-state index is 6.11. The Morgan fingerprint density at radius 1 is 0.895 bits per heavy atom. The van der Waals surface area contributed by atoms with Crippen LogP contribution in [0.4, 0.5) is 0 Å². The standard InChI is InChI=1S/C11H9ClN2S5/c1-4-5(2)17-10(16-4)11-18-8-9(19-11)14-7(15-3)6(12)13-8/h1-3H3. The predicted molar refractivity (Wildman–Crippen MR) is 91.1 cm³/mol. The number of fused-ring (bicyclic) bond motifs is 1.